The summed E-state index contributed by atoms with van der Waals surface area (Å²) in [5.41, 5.74) is 2.38. The predicted octanol–water partition coefficient (Wildman–Crippen LogP) is 3.42. The van der Waals surface area contributed by atoms with Gasteiger partial charge in [-0.2, -0.15) is 0 Å². The molecule has 0 saturated heterocycles. The Bertz CT molecular complexity index is 658. The van der Waals surface area contributed by atoms with Crippen molar-refractivity contribution in [3.05, 3.63) is 46.8 Å². The molecule has 2 aromatic rings. The van der Waals surface area contributed by atoms with Crippen LogP contribution in [0.5, 0.6) is 5.75 Å². The number of amides is 1. The van der Waals surface area contributed by atoms with Crippen LogP contribution in [0.15, 0.2) is 28.8 Å². The average molecular weight is 346 g/mol. The minimum atomic E-state index is -0.0955. The smallest absolute Gasteiger partial charge is 0.251 e. The zero-order valence-corrected chi connectivity index (χ0v) is 15.3. The molecular weight excluding hydrogens is 320 g/mol. The lowest BCUT2D eigenvalue weighted by molar-refractivity contribution is 0.0757. The SMILES string of the molecule is Cc1noc(C)c1COc1ccc(C(=O)NCCCOC(C)C)cc1. The third-order valence-electron chi connectivity index (χ3n) is 3.74. The Morgan fingerprint density at radius 1 is 1.24 bits per heavy atom. The van der Waals surface area contributed by atoms with Crippen LogP contribution in [0, 0.1) is 13.8 Å². The molecule has 6 heteroatoms. The van der Waals surface area contributed by atoms with E-state index in [4.69, 9.17) is 14.0 Å². The quantitative estimate of drug-likeness (QED) is 0.704. The van der Waals surface area contributed by atoms with Crippen molar-refractivity contribution in [3.8, 4) is 5.75 Å². The number of nitrogens with zero attached hydrogens (tertiary/aromatic N) is 1. The fourth-order valence-electron chi connectivity index (χ4n) is 2.26. The number of benzene rings is 1. The van der Waals surface area contributed by atoms with Crippen LogP contribution in [-0.4, -0.2) is 30.3 Å². The van der Waals surface area contributed by atoms with E-state index in [1.165, 1.54) is 0 Å². The molecule has 1 aromatic carbocycles. The molecule has 1 N–H and O–H groups in total. The zero-order valence-electron chi connectivity index (χ0n) is 15.3. The molecule has 0 atom stereocenters. The molecule has 25 heavy (non-hydrogen) atoms. The number of carbonyl (C=O) groups excluding carboxylic acids is 1. The van der Waals surface area contributed by atoms with Gasteiger partial charge < -0.3 is 19.3 Å². The van der Waals surface area contributed by atoms with Gasteiger partial charge in [0.1, 0.15) is 18.1 Å². The summed E-state index contributed by atoms with van der Waals surface area (Å²) < 4.78 is 16.3. The largest absolute Gasteiger partial charge is 0.489 e. The van der Waals surface area contributed by atoms with Crippen molar-refractivity contribution in [2.75, 3.05) is 13.2 Å². The van der Waals surface area contributed by atoms with Crippen LogP contribution in [0.2, 0.25) is 0 Å². The Labute approximate surface area is 148 Å². The highest BCUT2D eigenvalue weighted by Crippen LogP contribution is 2.17. The Balaban J connectivity index is 1.78. The molecule has 2 rings (SSSR count). The van der Waals surface area contributed by atoms with Gasteiger partial charge in [0.25, 0.3) is 5.91 Å². The number of nitrogens with one attached hydrogen (secondary N) is 1. The van der Waals surface area contributed by atoms with Gasteiger partial charge in [0.2, 0.25) is 0 Å². The summed E-state index contributed by atoms with van der Waals surface area (Å²) in [6.45, 7) is 9.36. The maximum absolute atomic E-state index is 12.1. The molecule has 0 unspecified atom stereocenters. The molecule has 0 radical (unpaired) electrons. The second kappa shape index (κ2) is 9.22. The number of aryl methyl sites for hydroxylation is 2. The second-order valence-electron chi connectivity index (χ2n) is 6.14. The van der Waals surface area contributed by atoms with E-state index < -0.39 is 0 Å². The van der Waals surface area contributed by atoms with Gasteiger partial charge in [-0.25, -0.2) is 0 Å². The molecule has 1 heterocycles. The number of aromatic nitrogens is 1. The van der Waals surface area contributed by atoms with Gasteiger partial charge >= 0.3 is 0 Å². The Morgan fingerprint density at radius 3 is 2.56 bits per heavy atom. The third-order valence-corrected chi connectivity index (χ3v) is 3.74. The normalized spacial score (nSPS) is 10.9. The van der Waals surface area contributed by atoms with E-state index >= 15 is 0 Å². The molecule has 136 valence electrons. The molecule has 0 bridgehead atoms. The molecular formula is C19H26N2O4. The summed E-state index contributed by atoms with van der Waals surface area (Å²) in [5.74, 6) is 1.36. The first-order valence-corrected chi connectivity index (χ1v) is 8.51. The minimum Gasteiger partial charge on any atom is -0.489 e. The molecule has 0 fully saturated rings. The topological polar surface area (TPSA) is 73.6 Å². The monoisotopic (exact) mass is 346 g/mol. The first-order valence-electron chi connectivity index (χ1n) is 8.51. The summed E-state index contributed by atoms with van der Waals surface area (Å²) in [6, 6.07) is 7.08. The molecule has 1 aromatic heterocycles. The standard InChI is InChI=1S/C19H26N2O4/c1-13(2)23-11-5-10-20-19(22)16-6-8-17(9-7-16)24-12-18-14(3)21-25-15(18)4/h6-9,13H,5,10-12H2,1-4H3,(H,20,22). The van der Waals surface area contributed by atoms with E-state index in [2.05, 4.69) is 10.5 Å². The van der Waals surface area contributed by atoms with E-state index in [9.17, 15) is 4.79 Å². The summed E-state index contributed by atoms with van der Waals surface area (Å²) in [6.07, 6.45) is 1.01. The van der Waals surface area contributed by atoms with Crippen molar-refractivity contribution >= 4 is 5.91 Å². The minimum absolute atomic E-state index is 0.0955. The highest BCUT2D eigenvalue weighted by atomic mass is 16.5. The highest BCUT2D eigenvalue weighted by Gasteiger charge is 2.10. The molecule has 1 amide bonds. The lowest BCUT2D eigenvalue weighted by Gasteiger charge is -2.09. The van der Waals surface area contributed by atoms with Crippen LogP contribution in [0.4, 0.5) is 0 Å². The van der Waals surface area contributed by atoms with E-state index in [-0.39, 0.29) is 12.0 Å². The first kappa shape index (κ1) is 19.0. The summed E-state index contributed by atoms with van der Waals surface area (Å²) in [4.78, 5) is 12.1. The Kier molecular flexibility index (Phi) is 7.01. The van der Waals surface area contributed by atoms with Crippen molar-refractivity contribution in [2.24, 2.45) is 0 Å². The number of hydrogen-bond donors (Lipinski definition) is 1. The fraction of sp³-hybridized carbons (Fsp3) is 0.474. The Hall–Kier alpha value is -2.34. The second-order valence-corrected chi connectivity index (χ2v) is 6.14. The van der Waals surface area contributed by atoms with Crippen LogP contribution in [0.3, 0.4) is 0 Å². The lowest BCUT2D eigenvalue weighted by atomic mass is 10.2. The van der Waals surface area contributed by atoms with Crippen molar-refractivity contribution in [3.63, 3.8) is 0 Å². The van der Waals surface area contributed by atoms with Crippen LogP contribution < -0.4 is 10.1 Å². The first-order chi connectivity index (χ1) is 12.0. The van der Waals surface area contributed by atoms with Crippen molar-refractivity contribution < 1.29 is 18.8 Å². The molecule has 0 spiro atoms. The lowest BCUT2D eigenvalue weighted by Crippen LogP contribution is -2.25. The number of hydrogen-bond acceptors (Lipinski definition) is 5. The summed E-state index contributed by atoms with van der Waals surface area (Å²) in [5, 5.41) is 6.78. The number of ether oxygens (including phenoxy) is 2. The van der Waals surface area contributed by atoms with Crippen LogP contribution >= 0.6 is 0 Å². The maximum Gasteiger partial charge on any atom is 0.251 e. The number of carbonyl (C=O) groups is 1. The van der Waals surface area contributed by atoms with Crippen LogP contribution in [0.1, 0.15) is 47.6 Å². The fourth-order valence-corrected chi connectivity index (χ4v) is 2.26. The van der Waals surface area contributed by atoms with Gasteiger partial charge in [0.15, 0.2) is 0 Å². The van der Waals surface area contributed by atoms with Gasteiger partial charge in [-0.15, -0.1) is 0 Å². The molecule has 0 saturated carbocycles. The maximum atomic E-state index is 12.1. The van der Waals surface area contributed by atoms with E-state index in [1.54, 1.807) is 24.3 Å². The van der Waals surface area contributed by atoms with Gasteiger partial charge in [0, 0.05) is 18.7 Å². The van der Waals surface area contributed by atoms with Gasteiger partial charge in [0.05, 0.1) is 17.4 Å². The summed E-state index contributed by atoms with van der Waals surface area (Å²) in [7, 11) is 0. The van der Waals surface area contributed by atoms with E-state index in [0.29, 0.717) is 31.1 Å². The van der Waals surface area contributed by atoms with Gasteiger partial charge in [-0.3, -0.25) is 4.79 Å². The van der Waals surface area contributed by atoms with Crippen molar-refractivity contribution in [1.82, 2.24) is 10.5 Å². The Morgan fingerprint density at radius 2 is 1.96 bits per heavy atom. The molecule has 6 nitrogen and oxygen atoms in total. The van der Waals surface area contributed by atoms with E-state index in [1.807, 2.05) is 27.7 Å². The zero-order chi connectivity index (χ0) is 18.2. The molecule has 0 aliphatic rings. The van der Waals surface area contributed by atoms with Crippen molar-refractivity contribution in [1.29, 1.82) is 0 Å². The average Bonchev–Trinajstić information content (AvgIpc) is 2.91. The van der Waals surface area contributed by atoms with E-state index in [0.717, 1.165) is 23.4 Å². The predicted molar refractivity (Wildman–Crippen MR) is 94.8 cm³/mol. The van der Waals surface area contributed by atoms with Crippen molar-refractivity contribution in [2.45, 2.75) is 46.8 Å². The summed E-state index contributed by atoms with van der Waals surface area (Å²) >= 11 is 0. The van der Waals surface area contributed by atoms with Crippen LogP contribution in [-0.2, 0) is 11.3 Å². The number of rotatable bonds is 9. The molecule has 0 aliphatic carbocycles. The van der Waals surface area contributed by atoms with Crippen LogP contribution in [0.25, 0.3) is 0 Å². The highest BCUT2D eigenvalue weighted by molar-refractivity contribution is 5.94. The molecule has 0 aliphatic heterocycles. The van der Waals surface area contributed by atoms with Gasteiger partial charge in [-0.05, 0) is 58.4 Å². The third kappa shape index (κ3) is 5.90. The van der Waals surface area contributed by atoms with Gasteiger partial charge in [-0.1, -0.05) is 5.16 Å².